The summed E-state index contributed by atoms with van der Waals surface area (Å²) >= 11 is 0. The minimum atomic E-state index is -0.618. The quantitative estimate of drug-likeness (QED) is 0.0562. The molecule has 0 aliphatic carbocycles. The first-order chi connectivity index (χ1) is 35.6. The number of anilines is 2. The lowest BCUT2D eigenvalue weighted by atomic mass is 9.80. The number of hydrogen-bond donors (Lipinski definition) is 2. The summed E-state index contributed by atoms with van der Waals surface area (Å²) in [6.45, 7) is 8.81. The second kappa shape index (κ2) is 25.6. The van der Waals surface area contributed by atoms with E-state index < -0.39 is 36.4 Å². The Morgan fingerprint density at radius 3 is 1.17 bits per heavy atom. The average Bonchev–Trinajstić information content (AvgIpc) is 3.39. The van der Waals surface area contributed by atoms with Crippen LogP contribution in [0.5, 0.6) is 0 Å². The summed E-state index contributed by atoms with van der Waals surface area (Å²) in [5.41, 5.74) is 3.71. The van der Waals surface area contributed by atoms with Crippen molar-refractivity contribution in [1.29, 1.82) is 0 Å². The summed E-state index contributed by atoms with van der Waals surface area (Å²) in [5.74, 6) is 0. The van der Waals surface area contributed by atoms with E-state index in [1.165, 1.54) is 0 Å². The first-order valence-corrected chi connectivity index (χ1v) is 23.8. The molecular weight excluding hydrogens is 789 g/mol. The Morgan fingerprint density at radius 2 is 0.797 bits per heavy atom. The van der Waals surface area contributed by atoms with E-state index in [0.717, 1.165) is 77.0 Å². The first-order valence-electron chi connectivity index (χ1n) is 28.8. The zero-order chi connectivity index (χ0) is 53.6. The van der Waals surface area contributed by atoms with Crippen molar-refractivity contribution in [3.05, 3.63) is 120 Å². The maximum Gasteiger partial charge on any atom is 0.411 e. The average molecular weight is 871 g/mol. The van der Waals surface area contributed by atoms with Gasteiger partial charge in [-0.2, -0.15) is 0 Å². The van der Waals surface area contributed by atoms with Crippen LogP contribution < -0.4 is 10.6 Å². The van der Waals surface area contributed by atoms with Gasteiger partial charge in [0.15, 0.2) is 0 Å². The summed E-state index contributed by atoms with van der Waals surface area (Å²) in [6, 6.07) is 9.89. The number of unbranched alkanes of at least 4 members (excludes halogenated alkanes) is 12. The van der Waals surface area contributed by atoms with Gasteiger partial charge in [0.05, 0.1) is 26.9 Å². The standard InChI is InChI=1S/C58H72N2O4/c1-5-9-13-15-17-19-25-45-41-53(43-31-35-47(36-32-43)59-57(61)63-39-11-7-3)49-27-21-23-29-51(49)55(45)56-46(26-20-18-16-14-10-6-2)42-54(50-28-22-24-30-52(50)56)44-33-37-48(38-34-44)60-58(62)64-40-12-8-4/h21-24,27-38,41-42H,5-20,25-26,39-40H2,1-4H3,(H,59,61)(H,60,62)/i21D,22D,23D,24D,27D,28D,29D,30D,41D,42D. The number of nitrogens with one attached hydrogen (secondary N) is 2. The predicted molar refractivity (Wildman–Crippen MR) is 272 cm³/mol. The van der Waals surface area contributed by atoms with Crippen LogP contribution in [0.4, 0.5) is 21.0 Å². The molecule has 0 aliphatic rings. The van der Waals surface area contributed by atoms with Gasteiger partial charge in [0.1, 0.15) is 0 Å². The lowest BCUT2D eigenvalue weighted by Gasteiger charge is -2.23. The van der Waals surface area contributed by atoms with Gasteiger partial charge in [0.2, 0.25) is 0 Å². The maximum absolute atomic E-state index is 12.6. The van der Waals surface area contributed by atoms with E-state index >= 15 is 0 Å². The molecule has 6 heteroatoms. The number of rotatable bonds is 25. The molecule has 0 saturated carbocycles. The van der Waals surface area contributed by atoms with Crippen LogP contribution in [0.15, 0.2) is 109 Å². The van der Waals surface area contributed by atoms with E-state index in [4.69, 9.17) is 15.0 Å². The Kier molecular flexibility index (Phi) is 14.3. The van der Waals surface area contributed by atoms with Crippen LogP contribution in [-0.2, 0) is 22.3 Å². The highest BCUT2D eigenvalue weighted by Gasteiger charge is 2.22. The molecule has 0 fully saturated rings. The third-order valence-electron chi connectivity index (χ3n) is 11.6. The fraction of sp³-hybridized carbons (Fsp3) is 0.414. The highest BCUT2D eigenvalue weighted by Crippen LogP contribution is 2.46. The molecule has 6 aromatic carbocycles. The molecule has 0 aliphatic heterocycles. The number of hydrogen-bond acceptors (Lipinski definition) is 4. The van der Waals surface area contributed by atoms with Crippen molar-refractivity contribution in [2.75, 3.05) is 23.8 Å². The van der Waals surface area contributed by atoms with Crippen molar-refractivity contribution in [2.45, 2.75) is 143 Å². The van der Waals surface area contributed by atoms with Crippen molar-refractivity contribution >= 4 is 45.1 Å². The molecular formula is C58H72N2O4. The molecule has 0 bridgehead atoms. The van der Waals surface area contributed by atoms with Gasteiger partial charge in [0.25, 0.3) is 0 Å². The summed E-state index contributed by atoms with van der Waals surface area (Å²) in [5, 5.41) is 5.80. The zero-order valence-electron chi connectivity index (χ0n) is 48.4. The summed E-state index contributed by atoms with van der Waals surface area (Å²) in [6.07, 6.45) is 13.5. The van der Waals surface area contributed by atoms with E-state index in [2.05, 4.69) is 24.5 Å². The van der Waals surface area contributed by atoms with Crippen LogP contribution in [0.25, 0.3) is 54.9 Å². The molecule has 0 atom stereocenters. The van der Waals surface area contributed by atoms with Gasteiger partial charge in [-0.05, 0) is 141 Å². The Labute approximate surface area is 397 Å². The fourth-order valence-electron chi connectivity index (χ4n) is 8.12. The number of carbonyl (C=O) groups excluding carboxylic acids is 2. The summed E-state index contributed by atoms with van der Waals surface area (Å²) < 4.78 is 106. The van der Waals surface area contributed by atoms with Crippen LogP contribution in [-0.4, -0.2) is 25.4 Å². The first kappa shape index (κ1) is 35.7. The molecule has 6 rings (SSSR count). The third-order valence-corrected chi connectivity index (χ3v) is 11.6. The van der Waals surface area contributed by atoms with Gasteiger partial charge >= 0.3 is 12.2 Å². The van der Waals surface area contributed by atoms with Gasteiger partial charge in [-0.15, -0.1) is 0 Å². The van der Waals surface area contributed by atoms with Gasteiger partial charge in [-0.1, -0.05) is 177 Å². The lowest BCUT2D eigenvalue weighted by molar-refractivity contribution is 0.159. The smallest absolute Gasteiger partial charge is 0.411 e. The molecule has 0 saturated heterocycles. The van der Waals surface area contributed by atoms with E-state index in [1.54, 1.807) is 48.5 Å². The molecule has 64 heavy (non-hydrogen) atoms. The largest absolute Gasteiger partial charge is 0.449 e. The molecule has 0 heterocycles. The van der Waals surface area contributed by atoms with E-state index in [1.807, 2.05) is 13.8 Å². The van der Waals surface area contributed by atoms with Crippen LogP contribution in [0, 0.1) is 0 Å². The number of carbonyl (C=O) groups is 2. The topological polar surface area (TPSA) is 76.7 Å². The third kappa shape index (κ3) is 13.2. The van der Waals surface area contributed by atoms with Crippen LogP contribution in [0.3, 0.4) is 0 Å². The fourth-order valence-corrected chi connectivity index (χ4v) is 8.12. The number of benzene rings is 6. The van der Waals surface area contributed by atoms with Crippen LogP contribution in [0.2, 0.25) is 0 Å². The number of fused-ring (bicyclic) bond motifs is 2. The van der Waals surface area contributed by atoms with Crippen molar-refractivity contribution in [1.82, 2.24) is 0 Å². The Bertz CT molecular complexity index is 2750. The Hall–Kier alpha value is -5.62. The van der Waals surface area contributed by atoms with E-state index in [9.17, 15) is 17.8 Å². The molecule has 0 unspecified atom stereocenters. The minimum Gasteiger partial charge on any atom is -0.449 e. The molecule has 338 valence electrons. The minimum absolute atomic E-state index is 0.00260. The molecule has 0 spiro atoms. The Balaban J connectivity index is 1.73. The van der Waals surface area contributed by atoms with Crippen molar-refractivity contribution in [3.8, 4) is 33.4 Å². The van der Waals surface area contributed by atoms with Crippen LogP contribution in [0.1, 0.15) is 155 Å². The molecule has 0 radical (unpaired) electrons. The SMILES string of the molecule is [2H]c1c([2H])c([2H])c2c(-c3c(CCCCCCCC)c([2H])c(-c4ccc(NC(=O)OCCCC)cc4)c4c([2H])c([2H])c([2H])c([2H])c34)c(CCCCCCCC)c([2H])c(-c3ccc(NC(=O)OCCCC)cc3)c2c1[2H]. The zero-order valence-corrected chi connectivity index (χ0v) is 38.4. The van der Waals surface area contributed by atoms with Gasteiger partial charge in [-0.25, -0.2) is 9.59 Å². The normalized spacial score (nSPS) is 13.4. The van der Waals surface area contributed by atoms with Crippen molar-refractivity contribution in [2.24, 2.45) is 0 Å². The number of amides is 2. The van der Waals surface area contributed by atoms with E-state index in [-0.39, 0.29) is 93.3 Å². The monoisotopic (exact) mass is 871 g/mol. The van der Waals surface area contributed by atoms with Crippen LogP contribution >= 0.6 is 0 Å². The molecule has 6 aromatic rings. The summed E-state index contributed by atoms with van der Waals surface area (Å²) in [7, 11) is 0. The summed E-state index contributed by atoms with van der Waals surface area (Å²) in [4.78, 5) is 25.3. The predicted octanol–water partition coefficient (Wildman–Crippen LogP) is 17.5. The maximum atomic E-state index is 12.6. The second-order valence-corrected chi connectivity index (χ2v) is 16.6. The van der Waals surface area contributed by atoms with Gasteiger partial charge in [0, 0.05) is 11.4 Å². The highest BCUT2D eigenvalue weighted by molar-refractivity contribution is 6.14. The molecule has 6 nitrogen and oxygen atoms in total. The van der Waals surface area contributed by atoms with Crippen molar-refractivity contribution < 1.29 is 32.8 Å². The molecule has 0 aromatic heterocycles. The van der Waals surface area contributed by atoms with Crippen molar-refractivity contribution in [3.63, 3.8) is 0 Å². The van der Waals surface area contributed by atoms with Gasteiger partial charge < -0.3 is 9.47 Å². The second-order valence-electron chi connectivity index (χ2n) is 16.6. The number of ether oxygens (including phenoxy) is 2. The van der Waals surface area contributed by atoms with Gasteiger partial charge in [-0.3, -0.25) is 10.6 Å². The Morgan fingerprint density at radius 1 is 0.453 bits per heavy atom. The highest BCUT2D eigenvalue weighted by atomic mass is 16.6. The molecule has 2 amide bonds. The van der Waals surface area contributed by atoms with E-state index in [0.29, 0.717) is 72.2 Å². The molecule has 2 N–H and O–H groups in total. The lowest BCUT2D eigenvalue weighted by Crippen LogP contribution is -2.14.